The Kier molecular flexibility index (Phi) is 11.7. The minimum absolute atomic E-state index is 0.0459. The van der Waals surface area contributed by atoms with Crippen molar-refractivity contribution >= 4 is 22.9 Å². The van der Waals surface area contributed by atoms with Crippen LogP contribution in [0.4, 0.5) is 0 Å². The molecule has 9 heteroatoms. The van der Waals surface area contributed by atoms with Gasteiger partial charge in [0.25, 0.3) is 0 Å². The van der Waals surface area contributed by atoms with Gasteiger partial charge in [-0.15, -0.1) is 0 Å². The summed E-state index contributed by atoms with van der Waals surface area (Å²) in [5.41, 5.74) is 1.04. The lowest BCUT2D eigenvalue weighted by Crippen LogP contribution is -2.62. The molecule has 2 heterocycles. The van der Waals surface area contributed by atoms with Crippen LogP contribution in [0.25, 0.3) is 0 Å². The van der Waals surface area contributed by atoms with Crippen molar-refractivity contribution in [2.45, 2.75) is 147 Å². The van der Waals surface area contributed by atoms with Gasteiger partial charge in [0.1, 0.15) is 12.0 Å². The molecule has 3 rings (SSSR count). The summed E-state index contributed by atoms with van der Waals surface area (Å²) in [5.74, 6) is 0.855. The minimum atomic E-state index is -2.07. The van der Waals surface area contributed by atoms with Crippen molar-refractivity contribution in [1.29, 1.82) is 0 Å². The second-order valence-corrected chi connectivity index (χ2v) is 24.9. The van der Waals surface area contributed by atoms with Crippen molar-refractivity contribution in [3.05, 3.63) is 29.8 Å². The summed E-state index contributed by atoms with van der Waals surface area (Å²) in [6.07, 6.45) is 1.67. The highest BCUT2D eigenvalue weighted by atomic mass is 28.4. The minimum Gasteiger partial charge on any atom is -0.497 e. The number of benzene rings is 1. The van der Waals surface area contributed by atoms with Gasteiger partial charge in [-0.1, -0.05) is 60.6 Å². The fourth-order valence-electron chi connectivity index (χ4n) is 5.35. The number of methoxy groups -OCH3 is 1. The van der Waals surface area contributed by atoms with E-state index >= 15 is 0 Å². The molecule has 1 aromatic carbocycles. The number of aldehydes is 1. The van der Waals surface area contributed by atoms with E-state index in [4.69, 9.17) is 27.8 Å². The van der Waals surface area contributed by atoms with Crippen LogP contribution in [0.1, 0.15) is 73.3 Å². The molecule has 0 radical (unpaired) electrons. The molecule has 2 saturated heterocycles. The van der Waals surface area contributed by atoms with E-state index in [2.05, 4.69) is 74.7 Å². The van der Waals surface area contributed by atoms with Crippen LogP contribution in [-0.2, 0) is 34.5 Å². The number of fused-ring (bicyclic) bond motifs is 1. The first-order chi connectivity index (χ1) is 19.4. The van der Waals surface area contributed by atoms with E-state index in [0.29, 0.717) is 19.6 Å². The Labute approximate surface area is 257 Å². The summed E-state index contributed by atoms with van der Waals surface area (Å²) in [4.78, 5) is 11.7. The van der Waals surface area contributed by atoms with E-state index in [1.54, 1.807) is 7.11 Å². The third kappa shape index (κ3) is 8.55. The van der Waals surface area contributed by atoms with Gasteiger partial charge in [0.15, 0.2) is 16.6 Å². The number of ether oxygens (including phenoxy) is 4. The summed E-state index contributed by atoms with van der Waals surface area (Å²) >= 11 is 0. The maximum atomic E-state index is 11.7. The molecular weight excluding hydrogens is 565 g/mol. The molecule has 2 aliphatic heterocycles. The lowest BCUT2D eigenvalue weighted by molar-refractivity contribution is -0.271. The van der Waals surface area contributed by atoms with Crippen LogP contribution < -0.4 is 4.74 Å². The van der Waals surface area contributed by atoms with E-state index in [1.807, 2.05) is 24.3 Å². The maximum absolute atomic E-state index is 11.7. The van der Waals surface area contributed by atoms with Gasteiger partial charge in [-0.25, -0.2) is 0 Å². The number of hydrogen-bond acceptors (Lipinski definition) is 7. The molecular formula is C33H58O7Si2. The summed E-state index contributed by atoms with van der Waals surface area (Å²) in [5, 5.41) is 0.226. The summed E-state index contributed by atoms with van der Waals surface area (Å²) in [6.45, 7) is 26.1. The molecule has 240 valence electrons. The normalized spacial score (nSPS) is 29.2. The van der Waals surface area contributed by atoms with Gasteiger partial charge in [-0.05, 0) is 60.4 Å². The highest BCUT2D eigenvalue weighted by molar-refractivity contribution is 6.74. The standard InChI is InChI=1S/C33H58O7Si2/c1-23-30(36-22-24-13-15-25(35-8)16-14-24)27(17-19-34)38-29-21-28(40-42(11,12)33(5,6)7)26(39-31(23)29)18-20-37-41(9,10)32(2,3)4/h13-16,19,23,26-31H,17-18,20-22H2,1-12H3/t23-,26-,27+,28-,29+,30-,31+/m1/s1. The highest BCUT2D eigenvalue weighted by Gasteiger charge is 2.52. The lowest BCUT2D eigenvalue weighted by Gasteiger charge is -2.52. The lowest BCUT2D eigenvalue weighted by atomic mass is 9.82. The van der Waals surface area contributed by atoms with Crippen molar-refractivity contribution in [2.24, 2.45) is 5.92 Å². The van der Waals surface area contributed by atoms with Crippen molar-refractivity contribution in [1.82, 2.24) is 0 Å². The molecule has 0 spiro atoms. The second-order valence-electron chi connectivity index (χ2n) is 15.3. The van der Waals surface area contributed by atoms with Crippen molar-refractivity contribution in [2.75, 3.05) is 13.7 Å². The number of hydrogen-bond donors (Lipinski definition) is 0. The SMILES string of the molecule is COc1ccc(CO[C@@H]2[C@@H](C)[C@@H]3O[C@H](CCO[Si](C)(C)C(C)(C)C)[C@H](O[Si](C)(C)C(C)(C)C)C[C@@H]3O[C@H]2CC=O)cc1. The van der Waals surface area contributed by atoms with Gasteiger partial charge < -0.3 is 32.6 Å². The van der Waals surface area contributed by atoms with Crippen LogP contribution in [0.15, 0.2) is 24.3 Å². The van der Waals surface area contributed by atoms with Gasteiger partial charge in [0, 0.05) is 25.4 Å². The van der Waals surface area contributed by atoms with Crippen molar-refractivity contribution in [3.8, 4) is 5.75 Å². The monoisotopic (exact) mass is 622 g/mol. The summed E-state index contributed by atoms with van der Waals surface area (Å²) in [7, 11) is -2.30. The maximum Gasteiger partial charge on any atom is 0.192 e. The van der Waals surface area contributed by atoms with Gasteiger partial charge in [-0.2, -0.15) is 0 Å². The number of rotatable bonds is 12. The molecule has 7 atom stereocenters. The zero-order valence-electron chi connectivity index (χ0n) is 28.3. The van der Waals surface area contributed by atoms with Crippen LogP contribution in [0.2, 0.25) is 36.3 Å². The summed E-state index contributed by atoms with van der Waals surface area (Å²) in [6, 6.07) is 7.87. The Morgan fingerprint density at radius 3 is 2.10 bits per heavy atom. The van der Waals surface area contributed by atoms with E-state index in [1.165, 1.54) is 0 Å². The average Bonchev–Trinajstić information content (AvgIpc) is 2.88. The van der Waals surface area contributed by atoms with E-state index in [9.17, 15) is 4.79 Å². The van der Waals surface area contributed by atoms with E-state index < -0.39 is 16.6 Å². The van der Waals surface area contributed by atoms with Crippen LogP contribution in [0, 0.1) is 5.92 Å². The van der Waals surface area contributed by atoms with Gasteiger partial charge in [0.2, 0.25) is 0 Å². The fraction of sp³-hybridized carbons (Fsp3) is 0.788. The molecule has 0 saturated carbocycles. The molecule has 0 bridgehead atoms. The average molecular weight is 623 g/mol. The van der Waals surface area contributed by atoms with Crippen molar-refractivity contribution < 1.29 is 32.6 Å². The molecule has 0 amide bonds. The van der Waals surface area contributed by atoms with Crippen LogP contribution in [-0.4, -0.2) is 73.3 Å². The third-order valence-corrected chi connectivity index (χ3v) is 19.2. The van der Waals surface area contributed by atoms with Crippen LogP contribution in [0.3, 0.4) is 0 Å². The highest BCUT2D eigenvalue weighted by Crippen LogP contribution is 2.44. The quantitative estimate of drug-likeness (QED) is 0.176. The zero-order valence-corrected chi connectivity index (χ0v) is 30.3. The molecule has 2 aliphatic rings. The fourth-order valence-corrected chi connectivity index (χ4v) is 7.77. The van der Waals surface area contributed by atoms with Crippen molar-refractivity contribution in [3.63, 3.8) is 0 Å². The van der Waals surface area contributed by atoms with Gasteiger partial charge >= 0.3 is 0 Å². The molecule has 0 N–H and O–H groups in total. The van der Waals surface area contributed by atoms with E-state index in [0.717, 1.165) is 30.4 Å². The van der Waals surface area contributed by atoms with Crippen LogP contribution in [0.5, 0.6) is 5.75 Å². The molecule has 0 aromatic heterocycles. The number of carbonyl (C=O) groups excluding carboxylic acids is 1. The first-order valence-corrected chi connectivity index (χ1v) is 21.5. The van der Waals surface area contributed by atoms with Gasteiger partial charge in [-0.3, -0.25) is 0 Å². The predicted molar refractivity (Wildman–Crippen MR) is 173 cm³/mol. The third-order valence-electron chi connectivity index (χ3n) is 10.2. The largest absolute Gasteiger partial charge is 0.497 e. The topological polar surface area (TPSA) is 72.5 Å². The van der Waals surface area contributed by atoms with Crippen LogP contribution >= 0.6 is 0 Å². The molecule has 1 aromatic rings. The molecule has 42 heavy (non-hydrogen) atoms. The smallest absolute Gasteiger partial charge is 0.192 e. The molecule has 2 fully saturated rings. The molecule has 0 unspecified atom stereocenters. The predicted octanol–water partition coefficient (Wildman–Crippen LogP) is 7.53. The Bertz CT molecular complexity index is 999. The first-order valence-electron chi connectivity index (χ1n) is 15.7. The Hall–Kier alpha value is -1.08. The first kappa shape index (κ1) is 35.4. The second kappa shape index (κ2) is 13.9. The molecule has 7 nitrogen and oxygen atoms in total. The summed E-state index contributed by atoms with van der Waals surface area (Å²) < 4.78 is 38.9. The van der Waals surface area contributed by atoms with Gasteiger partial charge in [0.05, 0.1) is 50.3 Å². The number of carbonyl (C=O) groups is 1. The Morgan fingerprint density at radius 2 is 1.55 bits per heavy atom. The Morgan fingerprint density at radius 1 is 0.929 bits per heavy atom. The molecule has 0 aliphatic carbocycles. The Balaban J connectivity index is 1.80. The zero-order chi connectivity index (χ0) is 31.5. The van der Waals surface area contributed by atoms with E-state index in [-0.39, 0.29) is 52.6 Å².